The molecule has 1 aromatic rings. The molecule has 0 aliphatic carbocycles. The Hall–Kier alpha value is -1.05. The summed E-state index contributed by atoms with van der Waals surface area (Å²) >= 11 is 0. The Balaban J connectivity index is 1.98. The maximum absolute atomic E-state index is 13.2. The number of likely N-dealkylation sites (tertiary alicyclic amines) is 1. The molecule has 1 fully saturated rings. The quantitative estimate of drug-likeness (QED) is 0.900. The Bertz CT molecular complexity index is 622. The van der Waals surface area contributed by atoms with Gasteiger partial charge in [-0.25, -0.2) is 21.9 Å². The van der Waals surface area contributed by atoms with Crippen LogP contribution in [0.4, 0.5) is 8.78 Å². The van der Waals surface area contributed by atoms with Gasteiger partial charge >= 0.3 is 0 Å². The standard InChI is InChI=1S/C15H22F2N2O2S/c1-11-4-3-7-19(10-11)12(2)9-18-22(20,21)13-5-6-14(16)15(17)8-13/h5-6,8,11-12,18H,3-4,7,9-10H2,1-2H3/t11-,12-/m0/s1. The number of halogens is 2. The van der Waals surface area contributed by atoms with E-state index in [0.29, 0.717) is 12.0 Å². The molecule has 1 aliphatic rings. The fourth-order valence-electron chi connectivity index (χ4n) is 2.71. The van der Waals surface area contributed by atoms with Crippen molar-refractivity contribution in [3.63, 3.8) is 0 Å². The summed E-state index contributed by atoms with van der Waals surface area (Å²) in [5.41, 5.74) is 0. The van der Waals surface area contributed by atoms with Crippen molar-refractivity contribution >= 4 is 10.0 Å². The molecule has 1 saturated heterocycles. The number of rotatable bonds is 5. The van der Waals surface area contributed by atoms with Gasteiger partial charge in [0.05, 0.1) is 4.90 Å². The van der Waals surface area contributed by atoms with Crippen molar-refractivity contribution < 1.29 is 17.2 Å². The molecule has 0 unspecified atom stereocenters. The lowest BCUT2D eigenvalue weighted by molar-refractivity contribution is 0.140. The summed E-state index contributed by atoms with van der Waals surface area (Å²) in [6, 6.07) is 2.64. The van der Waals surface area contributed by atoms with Gasteiger partial charge in [-0.2, -0.15) is 0 Å². The Kier molecular flexibility index (Phi) is 5.52. The minimum Gasteiger partial charge on any atom is -0.299 e. The van der Waals surface area contributed by atoms with Gasteiger partial charge in [0, 0.05) is 19.1 Å². The van der Waals surface area contributed by atoms with Gasteiger partial charge in [0.25, 0.3) is 0 Å². The summed E-state index contributed by atoms with van der Waals surface area (Å²) in [6.07, 6.45) is 2.31. The second-order valence-corrected chi connectivity index (χ2v) is 7.79. The van der Waals surface area contributed by atoms with E-state index < -0.39 is 21.7 Å². The van der Waals surface area contributed by atoms with Crippen LogP contribution in [-0.4, -0.2) is 39.0 Å². The molecule has 0 amide bonds. The number of hydrogen-bond acceptors (Lipinski definition) is 3. The second-order valence-electron chi connectivity index (χ2n) is 6.02. The van der Waals surface area contributed by atoms with Gasteiger partial charge in [-0.05, 0) is 50.4 Å². The summed E-state index contributed by atoms with van der Waals surface area (Å²) in [6.45, 7) is 6.30. The molecule has 124 valence electrons. The first-order valence-electron chi connectivity index (χ1n) is 7.48. The fourth-order valence-corrected chi connectivity index (χ4v) is 3.85. The first kappa shape index (κ1) is 17.3. The SMILES string of the molecule is C[C@H]1CCCN([C@@H](C)CNS(=O)(=O)c2ccc(F)c(F)c2)C1. The highest BCUT2D eigenvalue weighted by molar-refractivity contribution is 7.89. The van der Waals surface area contributed by atoms with E-state index in [1.165, 1.54) is 6.42 Å². The van der Waals surface area contributed by atoms with Crippen LogP contribution in [0.15, 0.2) is 23.1 Å². The van der Waals surface area contributed by atoms with E-state index in [0.717, 1.165) is 31.6 Å². The summed E-state index contributed by atoms with van der Waals surface area (Å²) in [7, 11) is -3.83. The van der Waals surface area contributed by atoms with Crippen LogP contribution in [0.2, 0.25) is 0 Å². The average molecular weight is 332 g/mol. The topological polar surface area (TPSA) is 49.4 Å². The molecule has 1 aliphatic heterocycles. The molecule has 0 bridgehead atoms. The maximum atomic E-state index is 13.2. The van der Waals surface area contributed by atoms with Crippen LogP contribution in [0.5, 0.6) is 0 Å². The van der Waals surface area contributed by atoms with E-state index in [1.807, 2.05) is 6.92 Å². The lowest BCUT2D eigenvalue weighted by Crippen LogP contribution is -2.46. The smallest absolute Gasteiger partial charge is 0.240 e. The number of hydrogen-bond donors (Lipinski definition) is 1. The summed E-state index contributed by atoms with van der Waals surface area (Å²) in [4.78, 5) is 1.99. The molecule has 0 spiro atoms. The maximum Gasteiger partial charge on any atom is 0.240 e. The lowest BCUT2D eigenvalue weighted by atomic mass is 9.99. The third kappa shape index (κ3) is 4.24. The van der Waals surface area contributed by atoms with E-state index >= 15 is 0 Å². The molecular weight excluding hydrogens is 310 g/mol. The Labute approximate surface area is 130 Å². The Morgan fingerprint density at radius 3 is 2.73 bits per heavy atom. The van der Waals surface area contributed by atoms with Crippen LogP contribution in [-0.2, 0) is 10.0 Å². The third-order valence-electron chi connectivity index (χ3n) is 4.08. The fraction of sp³-hybridized carbons (Fsp3) is 0.600. The third-order valence-corrected chi connectivity index (χ3v) is 5.50. The first-order valence-corrected chi connectivity index (χ1v) is 8.96. The predicted molar refractivity (Wildman–Crippen MR) is 81.0 cm³/mol. The second kappa shape index (κ2) is 7.02. The van der Waals surface area contributed by atoms with Crippen LogP contribution >= 0.6 is 0 Å². The molecular formula is C15H22F2N2O2S. The highest BCUT2D eigenvalue weighted by Crippen LogP contribution is 2.18. The number of nitrogens with one attached hydrogen (secondary N) is 1. The molecule has 7 heteroatoms. The van der Waals surface area contributed by atoms with E-state index in [9.17, 15) is 17.2 Å². The average Bonchev–Trinajstić information content (AvgIpc) is 2.47. The van der Waals surface area contributed by atoms with Crippen molar-refractivity contribution in [3.8, 4) is 0 Å². The molecule has 2 atom stereocenters. The molecule has 4 nitrogen and oxygen atoms in total. The molecule has 2 rings (SSSR count). The minimum atomic E-state index is -3.83. The Morgan fingerprint density at radius 1 is 1.36 bits per heavy atom. The van der Waals surface area contributed by atoms with Gasteiger partial charge in [0.1, 0.15) is 0 Å². The summed E-state index contributed by atoms with van der Waals surface area (Å²) in [5, 5.41) is 0. The minimum absolute atomic E-state index is 0.0582. The number of nitrogens with zero attached hydrogens (tertiary/aromatic N) is 1. The van der Waals surface area contributed by atoms with Crippen molar-refractivity contribution in [1.82, 2.24) is 9.62 Å². The molecule has 0 aromatic heterocycles. The molecule has 22 heavy (non-hydrogen) atoms. The van der Waals surface area contributed by atoms with Gasteiger partial charge in [0.15, 0.2) is 11.6 Å². The summed E-state index contributed by atoms with van der Waals surface area (Å²) < 4.78 is 52.8. The lowest BCUT2D eigenvalue weighted by Gasteiger charge is -2.35. The van der Waals surface area contributed by atoms with Gasteiger partial charge in [0.2, 0.25) is 10.0 Å². The zero-order valence-corrected chi connectivity index (χ0v) is 13.7. The van der Waals surface area contributed by atoms with E-state index in [1.54, 1.807) is 0 Å². The van der Waals surface area contributed by atoms with Crippen LogP contribution < -0.4 is 4.72 Å². The van der Waals surface area contributed by atoms with Gasteiger partial charge in [-0.15, -0.1) is 0 Å². The van der Waals surface area contributed by atoms with E-state index in [2.05, 4.69) is 16.5 Å². The van der Waals surface area contributed by atoms with Crippen LogP contribution in [0.1, 0.15) is 26.7 Å². The van der Waals surface area contributed by atoms with Crippen molar-refractivity contribution in [1.29, 1.82) is 0 Å². The molecule has 1 N–H and O–H groups in total. The van der Waals surface area contributed by atoms with Crippen molar-refractivity contribution in [2.24, 2.45) is 5.92 Å². The molecule has 0 saturated carbocycles. The van der Waals surface area contributed by atoms with Crippen LogP contribution in [0.25, 0.3) is 0 Å². The number of piperidine rings is 1. The van der Waals surface area contributed by atoms with E-state index in [4.69, 9.17) is 0 Å². The largest absolute Gasteiger partial charge is 0.299 e. The number of sulfonamides is 1. The highest BCUT2D eigenvalue weighted by Gasteiger charge is 2.23. The monoisotopic (exact) mass is 332 g/mol. The van der Waals surface area contributed by atoms with Gasteiger partial charge < -0.3 is 0 Å². The van der Waals surface area contributed by atoms with Gasteiger partial charge in [-0.1, -0.05) is 6.92 Å². The summed E-state index contributed by atoms with van der Waals surface area (Å²) in [5.74, 6) is -1.62. The van der Waals surface area contributed by atoms with Crippen molar-refractivity contribution in [3.05, 3.63) is 29.8 Å². The molecule has 1 heterocycles. The normalized spacial score (nSPS) is 21.7. The number of benzene rings is 1. The van der Waals surface area contributed by atoms with Gasteiger partial charge in [-0.3, -0.25) is 4.90 Å². The van der Waals surface area contributed by atoms with Crippen LogP contribution in [0, 0.1) is 17.6 Å². The molecule has 1 aromatic carbocycles. The van der Waals surface area contributed by atoms with Crippen LogP contribution in [0.3, 0.4) is 0 Å². The van der Waals surface area contributed by atoms with Crippen molar-refractivity contribution in [2.75, 3.05) is 19.6 Å². The first-order chi connectivity index (χ1) is 10.3. The predicted octanol–water partition coefficient (Wildman–Crippen LogP) is 2.36. The highest BCUT2D eigenvalue weighted by atomic mass is 32.2. The van der Waals surface area contributed by atoms with E-state index in [-0.39, 0.29) is 17.5 Å². The van der Waals surface area contributed by atoms with Crippen molar-refractivity contribution in [2.45, 2.75) is 37.6 Å². The molecule has 0 radical (unpaired) electrons. The zero-order chi connectivity index (χ0) is 16.3. The Morgan fingerprint density at radius 2 is 2.09 bits per heavy atom. The zero-order valence-electron chi connectivity index (χ0n) is 12.9.